The molecular formula is C5H7NO2S2. The van der Waals surface area contributed by atoms with Crippen LogP contribution < -0.4 is 0 Å². The highest BCUT2D eigenvalue weighted by atomic mass is 32.2. The van der Waals surface area contributed by atoms with Gasteiger partial charge >= 0.3 is 0 Å². The fourth-order valence-corrected chi connectivity index (χ4v) is 1.72. The van der Waals surface area contributed by atoms with Crippen molar-refractivity contribution >= 4 is 22.4 Å². The molecule has 1 heterocycles. The Balaban J connectivity index is 2.67. The minimum atomic E-state index is -1.76. The summed E-state index contributed by atoms with van der Waals surface area (Å²) in [5, 5.41) is 2.73. The monoisotopic (exact) mass is 177 g/mol. The Morgan fingerprint density at radius 3 is 3.00 bits per heavy atom. The van der Waals surface area contributed by atoms with E-state index < -0.39 is 11.1 Å². The van der Waals surface area contributed by atoms with Gasteiger partial charge in [0.05, 0.1) is 16.5 Å². The number of hydrogen-bond donors (Lipinski definition) is 1. The van der Waals surface area contributed by atoms with Gasteiger partial charge in [-0.25, -0.2) is 9.19 Å². The summed E-state index contributed by atoms with van der Waals surface area (Å²) in [6, 6.07) is 0. The maximum atomic E-state index is 10.3. The summed E-state index contributed by atoms with van der Waals surface area (Å²) >= 11 is -0.269. The Bertz CT molecular complexity index is 246. The van der Waals surface area contributed by atoms with Crippen LogP contribution in [0.5, 0.6) is 0 Å². The summed E-state index contributed by atoms with van der Waals surface area (Å²) in [7, 11) is 0. The van der Waals surface area contributed by atoms with Gasteiger partial charge in [-0.1, -0.05) is 0 Å². The Morgan fingerprint density at radius 2 is 2.60 bits per heavy atom. The molecule has 1 atom stereocenters. The number of rotatable bonds is 2. The second-order valence-corrected chi connectivity index (χ2v) is 3.82. The first-order chi connectivity index (χ1) is 4.68. The molecule has 0 saturated heterocycles. The summed E-state index contributed by atoms with van der Waals surface area (Å²) in [4.78, 5) is 4.02. The summed E-state index contributed by atoms with van der Waals surface area (Å²) in [6.45, 7) is 1.87. The highest BCUT2D eigenvalue weighted by Gasteiger charge is 2.00. The van der Waals surface area contributed by atoms with Crippen LogP contribution in [-0.4, -0.2) is 13.7 Å². The van der Waals surface area contributed by atoms with E-state index in [-0.39, 0.29) is 5.75 Å². The second-order valence-electron chi connectivity index (χ2n) is 1.82. The van der Waals surface area contributed by atoms with Gasteiger partial charge in [0.1, 0.15) is 0 Å². The van der Waals surface area contributed by atoms with Gasteiger partial charge in [-0.05, 0) is 6.92 Å². The van der Waals surface area contributed by atoms with Crippen LogP contribution in [0.25, 0.3) is 0 Å². The molecule has 0 spiro atoms. The fraction of sp³-hybridized carbons (Fsp3) is 0.400. The molecule has 0 saturated carbocycles. The maximum Gasteiger partial charge on any atom is 0.158 e. The Labute approximate surface area is 65.4 Å². The largest absolute Gasteiger partial charge is 0.306 e. The van der Waals surface area contributed by atoms with Crippen molar-refractivity contribution in [2.24, 2.45) is 0 Å². The summed E-state index contributed by atoms with van der Waals surface area (Å²) < 4.78 is 18.7. The van der Waals surface area contributed by atoms with E-state index in [0.717, 1.165) is 5.01 Å². The standard InChI is InChI=1S/C5H7NO2S2/c1-4-6-5(2-9-4)3-10(7)8/h2H,3H2,1H3,(H,7,8). The average molecular weight is 177 g/mol. The minimum Gasteiger partial charge on any atom is -0.306 e. The van der Waals surface area contributed by atoms with Gasteiger partial charge in [0.2, 0.25) is 0 Å². The molecule has 0 aliphatic heterocycles. The van der Waals surface area contributed by atoms with Gasteiger partial charge in [-0.2, -0.15) is 0 Å². The SMILES string of the molecule is Cc1nc(CS(=O)O)cs1. The molecule has 1 aromatic rings. The van der Waals surface area contributed by atoms with E-state index in [0.29, 0.717) is 5.69 Å². The Kier molecular flexibility index (Phi) is 2.53. The van der Waals surface area contributed by atoms with Gasteiger partial charge in [0, 0.05) is 5.38 Å². The molecule has 5 heteroatoms. The fourth-order valence-electron chi connectivity index (χ4n) is 0.601. The smallest absolute Gasteiger partial charge is 0.158 e. The zero-order valence-corrected chi connectivity index (χ0v) is 7.04. The average Bonchev–Trinajstić information content (AvgIpc) is 2.13. The van der Waals surface area contributed by atoms with Crippen LogP contribution >= 0.6 is 11.3 Å². The summed E-state index contributed by atoms with van der Waals surface area (Å²) in [5.41, 5.74) is 0.698. The van der Waals surface area contributed by atoms with Crippen molar-refractivity contribution < 1.29 is 8.76 Å². The minimum absolute atomic E-state index is 0.143. The zero-order chi connectivity index (χ0) is 7.56. The maximum absolute atomic E-state index is 10.3. The molecule has 3 nitrogen and oxygen atoms in total. The van der Waals surface area contributed by atoms with Gasteiger partial charge in [0.25, 0.3) is 0 Å². The highest BCUT2D eigenvalue weighted by Crippen LogP contribution is 2.08. The van der Waals surface area contributed by atoms with Gasteiger partial charge < -0.3 is 4.55 Å². The Hall–Kier alpha value is -0.260. The van der Waals surface area contributed by atoms with E-state index in [1.807, 2.05) is 6.92 Å². The molecule has 0 aromatic carbocycles. The van der Waals surface area contributed by atoms with Crippen LogP contribution in [0.2, 0.25) is 0 Å². The van der Waals surface area contributed by atoms with Crippen molar-refractivity contribution in [2.75, 3.05) is 0 Å². The van der Waals surface area contributed by atoms with Crippen LogP contribution in [-0.2, 0) is 16.8 Å². The molecule has 0 bridgehead atoms. The summed E-state index contributed by atoms with van der Waals surface area (Å²) in [5.74, 6) is 0.143. The van der Waals surface area contributed by atoms with Gasteiger partial charge in [-0.15, -0.1) is 11.3 Å². The molecular weight excluding hydrogens is 170 g/mol. The molecule has 56 valence electrons. The highest BCUT2D eigenvalue weighted by molar-refractivity contribution is 7.78. The van der Waals surface area contributed by atoms with E-state index in [1.54, 1.807) is 5.38 Å². The molecule has 1 unspecified atom stereocenters. The van der Waals surface area contributed by atoms with E-state index in [2.05, 4.69) is 4.98 Å². The van der Waals surface area contributed by atoms with E-state index >= 15 is 0 Å². The zero-order valence-electron chi connectivity index (χ0n) is 5.40. The lowest BCUT2D eigenvalue weighted by Gasteiger charge is -1.86. The predicted octanol–water partition coefficient (Wildman–Crippen LogP) is 1.17. The lowest BCUT2D eigenvalue weighted by Crippen LogP contribution is -1.92. The number of aromatic nitrogens is 1. The molecule has 0 radical (unpaired) electrons. The van der Waals surface area contributed by atoms with E-state index in [4.69, 9.17) is 4.55 Å². The third-order valence-electron chi connectivity index (χ3n) is 0.938. The second kappa shape index (κ2) is 3.23. The van der Waals surface area contributed by atoms with Crippen LogP contribution in [0.4, 0.5) is 0 Å². The first-order valence-corrected chi connectivity index (χ1v) is 4.82. The Morgan fingerprint density at radius 1 is 1.90 bits per heavy atom. The molecule has 10 heavy (non-hydrogen) atoms. The molecule has 1 N–H and O–H groups in total. The number of nitrogens with zero attached hydrogens (tertiary/aromatic N) is 1. The molecule has 0 aliphatic rings. The van der Waals surface area contributed by atoms with Crippen molar-refractivity contribution in [3.63, 3.8) is 0 Å². The number of hydrogen-bond acceptors (Lipinski definition) is 3. The van der Waals surface area contributed by atoms with Crippen LogP contribution in [0.15, 0.2) is 5.38 Å². The van der Waals surface area contributed by atoms with Crippen LogP contribution in [0, 0.1) is 6.92 Å². The molecule has 0 fully saturated rings. The molecule has 1 rings (SSSR count). The normalized spacial score (nSPS) is 13.4. The van der Waals surface area contributed by atoms with Crippen LogP contribution in [0.1, 0.15) is 10.7 Å². The quantitative estimate of drug-likeness (QED) is 0.690. The number of thiazole rings is 1. The van der Waals surface area contributed by atoms with E-state index in [1.165, 1.54) is 11.3 Å². The number of aryl methyl sites for hydroxylation is 1. The van der Waals surface area contributed by atoms with Crippen molar-refractivity contribution in [1.82, 2.24) is 4.98 Å². The van der Waals surface area contributed by atoms with Crippen molar-refractivity contribution in [2.45, 2.75) is 12.7 Å². The third kappa shape index (κ3) is 2.17. The lowest BCUT2D eigenvalue weighted by atomic mass is 10.6. The summed E-state index contributed by atoms with van der Waals surface area (Å²) in [6.07, 6.45) is 0. The van der Waals surface area contributed by atoms with Crippen molar-refractivity contribution in [3.05, 3.63) is 16.1 Å². The van der Waals surface area contributed by atoms with Crippen molar-refractivity contribution in [3.8, 4) is 0 Å². The molecule has 0 aliphatic carbocycles. The first-order valence-electron chi connectivity index (χ1n) is 2.67. The molecule has 0 amide bonds. The third-order valence-corrected chi connectivity index (χ3v) is 2.30. The van der Waals surface area contributed by atoms with Crippen molar-refractivity contribution in [1.29, 1.82) is 0 Å². The topological polar surface area (TPSA) is 50.2 Å². The van der Waals surface area contributed by atoms with Crippen LogP contribution in [0.3, 0.4) is 0 Å². The lowest BCUT2D eigenvalue weighted by molar-refractivity contribution is 0.563. The van der Waals surface area contributed by atoms with Gasteiger partial charge in [0.15, 0.2) is 11.1 Å². The predicted molar refractivity (Wildman–Crippen MR) is 41.3 cm³/mol. The van der Waals surface area contributed by atoms with Gasteiger partial charge in [-0.3, -0.25) is 0 Å². The first kappa shape index (κ1) is 7.84. The molecule has 1 aromatic heterocycles. The van der Waals surface area contributed by atoms with E-state index in [9.17, 15) is 4.21 Å².